The molecule has 0 spiro atoms. The lowest BCUT2D eigenvalue weighted by Crippen LogP contribution is -2.45. The number of nitrogens with one attached hydrogen (secondary N) is 1. The van der Waals surface area contributed by atoms with Gasteiger partial charge in [-0.3, -0.25) is 9.59 Å². The molecular formula is C78H153NO5. The van der Waals surface area contributed by atoms with Crippen LogP contribution in [0.2, 0.25) is 0 Å². The van der Waals surface area contributed by atoms with Gasteiger partial charge in [0.1, 0.15) is 0 Å². The molecule has 0 aliphatic carbocycles. The van der Waals surface area contributed by atoms with Crippen LogP contribution in [0.1, 0.15) is 450 Å². The van der Waals surface area contributed by atoms with Crippen molar-refractivity contribution in [3.05, 3.63) is 12.2 Å². The Hall–Kier alpha value is -1.40. The monoisotopic (exact) mass is 1180 g/mol. The fraction of sp³-hybridized carbons (Fsp3) is 0.949. The second-order valence-electron chi connectivity index (χ2n) is 27.0. The van der Waals surface area contributed by atoms with Crippen LogP contribution in [-0.2, 0) is 14.3 Å². The SMILES string of the molecule is CCCCCC/C=C\CCCCCCCC(=O)OCCCCCCCCCCCCCCCCCCCCCCCCCCCCCCCCCCCCCC(=O)NC(CO)C(O)CCCCCCCCCCCCCCCCCCCCC. The van der Waals surface area contributed by atoms with E-state index in [-0.39, 0.29) is 18.5 Å². The van der Waals surface area contributed by atoms with E-state index in [0.717, 1.165) is 44.9 Å². The van der Waals surface area contributed by atoms with Crippen LogP contribution >= 0.6 is 0 Å². The van der Waals surface area contributed by atoms with Crippen molar-refractivity contribution in [1.29, 1.82) is 0 Å². The minimum atomic E-state index is -0.660. The molecule has 0 aliphatic heterocycles. The molecule has 0 heterocycles. The maximum absolute atomic E-state index is 12.6. The van der Waals surface area contributed by atoms with E-state index in [1.54, 1.807) is 0 Å². The van der Waals surface area contributed by atoms with Gasteiger partial charge in [0.2, 0.25) is 5.91 Å². The molecule has 3 N–H and O–H groups in total. The van der Waals surface area contributed by atoms with Crippen molar-refractivity contribution in [2.45, 2.75) is 463 Å². The maximum Gasteiger partial charge on any atom is 0.305 e. The van der Waals surface area contributed by atoms with E-state index in [1.165, 1.54) is 372 Å². The predicted molar refractivity (Wildman–Crippen MR) is 370 cm³/mol. The summed E-state index contributed by atoms with van der Waals surface area (Å²) in [6, 6.07) is -0.537. The van der Waals surface area contributed by atoms with E-state index < -0.39 is 12.1 Å². The summed E-state index contributed by atoms with van der Waals surface area (Å²) in [5.74, 6) is -0.0102. The zero-order valence-corrected chi connectivity index (χ0v) is 57.4. The first kappa shape index (κ1) is 82.6. The molecule has 0 rings (SSSR count). The number of carbonyl (C=O) groups excluding carboxylic acids is 2. The average molecular weight is 1190 g/mol. The van der Waals surface area contributed by atoms with Crippen LogP contribution in [0, 0.1) is 0 Å². The number of carbonyl (C=O) groups is 2. The lowest BCUT2D eigenvalue weighted by Gasteiger charge is -2.22. The van der Waals surface area contributed by atoms with Gasteiger partial charge >= 0.3 is 5.97 Å². The van der Waals surface area contributed by atoms with Crippen molar-refractivity contribution in [1.82, 2.24) is 5.32 Å². The van der Waals surface area contributed by atoms with Crippen LogP contribution in [0.25, 0.3) is 0 Å². The van der Waals surface area contributed by atoms with Gasteiger partial charge in [0, 0.05) is 12.8 Å². The van der Waals surface area contributed by atoms with Crippen molar-refractivity contribution in [3.8, 4) is 0 Å². The molecule has 0 saturated carbocycles. The number of allylic oxidation sites excluding steroid dienone is 2. The summed E-state index contributed by atoms with van der Waals surface area (Å²) in [5.41, 5.74) is 0. The fourth-order valence-corrected chi connectivity index (χ4v) is 12.6. The number of aliphatic hydroxyl groups excluding tert-OH is 2. The summed E-state index contributed by atoms with van der Waals surface area (Å²) >= 11 is 0. The highest BCUT2D eigenvalue weighted by atomic mass is 16.5. The summed E-state index contributed by atoms with van der Waals surface area (Å²) in [6.45, 7) is 4.99. The minimum absolute atomic E-state index is 0.0143. The van der Waals surface area contributed by atoms with Crippen LogP contribution < -0.4 is 5.32 Å². The van der Waals surface area contributed by atoms with E-state index in [0.29, 0.717) is 25.9 Å². The largest absolute Gasteiger partial charge is 0.466 e. The fourth-order valence-electron chi connectivity index (χ4n) is 12.6. The number of unbranched alkanes of at least 4 members (excludes halogenated alkanes) is 61. The summed E-state index contributed by atoms with van der Waals surface area (Å²) in [5, 5.41) is 23.4. The van der Waals surface area contributed by atoms with Crippen molar-refractivity contribution < 1.29 is 24.5 Å². The summed E-state index contributed by atoms with van der Waals surface area (Å²) in [7, 11) is 0. The van der Waals surface area contributed by atoms with Crippen molar-refractivity contribution in [2.24, 2.45) is 0 Å². The van der Waals surface area contributed by atoms with Crippen molar-refractivity contribution >= 4 is 11.9 Å². The Morgan fingerprint density at radius 3 is 0.857 bits per heavy atom. The molecular weight excluding hydrogens is 1030 g/mol. The molecule has 0 aromatic rings. The highest BCUT2D eigenvalue weighted by Crippen LogP contribution is 2.20. The molecule has 0 aliphatic rings. The van der Waals surface area contributed by atoms with E-state index in [4.69, 9.17) is 4.74 Å². The van der Waals surface area contributed by atoms with Gasteiger partial charge in [0.15, 0.2) is 0 Å². The summed E-state index contributed by atoms with van der Waals surface area (Å²) < 4.78 is 5.49. The van der Waals surface area contributed by atoms with Gasteiger partial charge < -0.3 is 20.3 Å². The highest BCUT2D eigenvalue weighted by Gasteiger charge is 2.20. The standard InChI is InChI=1S/C78H153NO5/c1-3-5-7-9-11-13-15-17-18-19-37-40-43-47-50-54-58-62-66-70-76(81)75(74-80)79-77(82)71-67-63-59-55-51-48-44-41-38-35-33-31-29-27-25-23-21-20-22-24-26-28-30-32-34-36-39-42-45-49-53-57-61-65-69-73-84-78(83)72-68-64-60-56-52-46-16-14-12-10-8-6-4-2/h14,16,75-76,80-81H,3-13,15,17-74H2,1-2H3,(H,79,82)/b16-14-. The Morgan fingerprint density at radius 2 is 0.560 bits per heavy atom. The molecule has 2 unspecified atom stereocenters. The highest BCUT2D eigenvalue weighted by molar-refractivity contribution is 5.76. The normalized spacial score (nSPS) is 12.5. The molecule has 6 heteroatoms. The quantitative estimate of drug-likeness (QED) is 0.0320. The Bertz CT molecular complexity index is 1270. The molecule has 500 valence electrons. The van der Waals surface area contributed by atoms with E-state index in [9.17, 15) is 19.8 Å². The third-order valence-corrected chi connectivity index (χ3v) is 18.6. The zero-order chi connectivity index (χ0) is 60.6. The minimum Gasteiger partial charge on any atom is -0.466 e. The zero-order valence-electron chi connectivity index (χ0n) is 57.4. The van der Waals surface area contributed by atoms with Crippen LogP contribution in [0.4, 0.5) is 0 Å². The Morgan fingerprint density at radius 1 is 0.321 bits per heavy atom. The molecule has 0 bridgehead atoms. The van der Waals surface area contributed by atoms with Gasteiger partial charge in [0.05, 0.1) is 25.4 Å². The molecule has 0 fully saturated rings. The van der Waals surface area contributed by atoms with Crippen LogP contribution in [0.5, 0.6) is 0 Å². The van der Waals surface area contributed by atoms with E-state index >= 15 is 0 Å². The van der Waals surface area contributed by atoms with Crippen LogP contribution in [0.3, 0.4) is 0 Å². The van der Waals surface area contributed by atoms with Crippen molar-refractivity contribution in [2.75, 3.05) is 13.2 Å². The smallest absolute Gasteiger partial charge is 0.305 e. The molecule has 0 aromatic heterocycles. The van der Waals surface area contributed by atoms with Gasteiger partial charge in [-0.25, -0.2) is 0 Å². The number of rotatable bonds is 74. The number of hydrogen-bond acceptors (Lipinski definition) is 5. The molecule has 0 aromatic carbocycles. The van der Waals surface area contributed by atoms with Gasteiger partial charge in [-0.2, -0.15) is 0 Å². The predicted octanol–water partition coefficient (Wildman–Crippen LogP) is 25.5. The summed E-state index contributed by atoms with van der Waals surface area (Å²) in [6.07, 6.45) is 93.0. The molecule has 0 saturated heterocycles. The third kappa shape index (κ3) is 69.7. The number of ether oxygens (including phenoxy) is 1. The average Bonchev–Trinajstić information content (AvgIpc) is 3.51. The topological polar surface area (TPSA) is 95.9 Å². The first-order valence-corrected chi connectivity index (χ1v) is 38.9. The van der Waals surface area contributed by atoms with Crippen molar-refractivity contribution in [3.63, 3.8) is 0 Å². The lowest BCUT2D eigenvalue weighted by atomic mass is 10.0. The van der Waals surface area contributed by atoms with Gasteiger partial charge in [0.25, 0.3) is 0 Å². The number of hydrogen-bond donors (Lipinski definition) is 3. The van der Waals surface area contributed by atoms with Gasteiger partial charge in [-0.1, -0.05) is 398 Å². The van der Waals surface area contributed by atoms with Crippen LogP contribution in [0.15, 0.2) is 12.2 Å². The maximum atomic E-state index is 12.6. The second kappa shape index (κ2) is 74.1. The van der Waals surface area contributed by atoms with Gasteiger partial charge in [-0.15, -0.1) is 0 Å². The number of amides is 1. The first-order valence-electron chi connectivity index (χ1n) is 38.9. The van der Waals surface area contributed by atoms with E-state index in [1.807, 2.05) is 0 Å². The Kier molecular flexibility index (Phi) is 72.8. The first-order chi connectivity index (χ1) is 41.5. The molecule has 1 amide bonds. The molecule has 6 nitrogen and oxygen atoms in total. The molecule has 84 heavy (non-hydrogen) atoms. The number of esters is 1. The molecule has 2 atom stereocenters. The third-order valence-electron chi connectivity index (χ3n) is 18.6. The Balaban J connectivity index is 3.31. The molecule has 0 radical (unpaired) electrons. The number of aliphatic hydroxyl groups is 2. The summed E-state index contributed by atoms with van der Waals surface area (Å²) in [4.78, 5) is 24.6. The van der Waals surface area contributed by atoms with Gasteiger partial charge in [-0.05, 0) is 51.4 Å². The second-order valence-corrected chi connectivity index (χ2v) is 27.0. The Labute approximate surface area is 527 Å². The van der Waals surface area contributed by atoms with Crippen LogP contribution in [-0.4, -0.2) is 47.4 Å². The van der Waals surface area contributed by atoms with E-state index in [2.05, 4.69) is 31.3 Å². The lowest BCUT2D eigenvalue weighted by molar-refractivity contribution is -0.143.